The molecule has 2 aromatic rings. The lowest BCUT2D eigenvalue weighted by atomic mass is 9.88. The fourth-order valence-corrected chi connectivity index (χ4v) is 2.75. The van der Waals surface area contributed by atoms with E-state index in [1.807, 2.05) is 19.6 Å². The molecule has 1 aliphatic carbocycles. The van der Waals surface area contributed by atoms with Crippen LogP contribution in [0, 0.1) is 0 Å². The normalized spacial score (nSPS) is 18.6. The van der Waals surface area contributed by atoms with Gasteiger partial charge in [-0.25, -0.2) is 4.98 Å². The first-order chi connectivity index (χ1) is 8.84. The van der Waals surface area contributed by atoms with Crippen LogP contribution in [-0.2, 0) is 20.0 Å². The Bertz CT molecular complexity index is 530. The monoisotopic (exact) mass is 241 g/mol. The van der Waals surface area contributed by atoms with Crippen LogP contribution in [0.2, 0.25) is 0 Å². The van der Waals surface area contributed by atoms with Gasteiger partial charge in [0.25, 0.3) is 0 Å². The predicted molar refractivity (Wildman–Crippen MR) is 72.2 cm³/mol. The van der Waals surface area contributed by atoms with Crippen molar-refractivity contribution in [2.75, 3.05) is 0 Å². The lowest BCUT2D eigenvalue weighted by Crippen LogP contribution is -2.25. The number of hydrogen-bond acceptors (Lipinski definition) is 2. The van der Waals surface area contributed by atoms with Crippen molar-refractivity contribution in [3.8, 4) is 0 Å². The molecule has 0 spiro atoms. The summed E-state index contributed by atoms with van der Waals surface area (Å²) < 4.78 is 2.07. The third-order valence-electron chi connectivity index (χ3n) is 3.82. The van der Waals surface area contributed by atoms with E-state index in [1.165, 1.54) is 36.1 Å². The molecule has 94 valence electrons. The van der Waals surface area contributed by atoms with E-state index >= 15 is 0 Å². The van der Waals surface area contributed by atoms with Crippen molar-refractivity contribution >= 4 is 0 Å². The van der Waals surface area contributed by atoms with Crippen LogP contribution in [0.1, 0.15) is 35.7 Å². The highest BCUT2D eigenvalue weighted by atomic mass is 15.0. The molecule has 0 bridgehead atoms. The minimum Gasteiger partial charge on any atom is -0.337 e. The van der Waals surface area contributed by atoms with E-state index in [1.54, 1.807) is 0 Å². The molecular weight excluding hydrogens is 222 g/mol. The van der Waals surface area contributed by atoms with Crippen LogP contribution in [0.4, 0.5) is 0 Å². The maximum atomic E-state index is 4.15. The third kappa shape index (κ3) is 2.18. The van der Waals surface area contributed by atoms with Gasteiger partial charge in [0.1, 0.15) is 0 Å². The highest BCUT2D eigenvalue weighted by Crippen LogP contribution is 2.29. The van der Waals surface area contributed by atoms with Gasteiger partial charge in [0.2, 0.25) is 0 Å². The number of fused-ring (bicyclic) bond motifs is 1. The zero-order valence-corrected chi connectivity index (χ0v) is 10.8. The minimum absolute atomic E-state index is 0.491. The summed E-state index contributed by atoms with van der Waals surface area (Å²) >= 11 is 0. The van der Waals surface area contributed by atoms with Gasteiger partial charge in [-0.3, -0.25) is 0 Å². The van der Waals surface area contributed by atoms with E-state index in [0.717, 1.165) is 6.54 Å². The molecule has 3 nitrogen and oxygen atoms in total. The summed E-state index contributed by atoms with van der Waals surface area (Å²) in [4.78, 5) is 4.15. The highest BCUT2D eigenvalue weighted by Gasteiger charge is 2.19. The topological polar surface area (TPSA) is 29.9 Å². The van der Waals surface area contributed by atoms with Crippen molar-refractivity contribution in [1.29, 1.82) is 0 Å². The lowest BCUT2D eigenvalue weighted by molar-refractivity contribution is 0.453. The molecule has 3 rings (SSSR count). The van der Waals surface area contributed by atoms with E-state index in [-0.39, 0.29) is 0 Å². The summed E-state index contributed by atoms with van der Waals surface area (Å²) in [5, 5.41) is 3.66. The Morgan fingerprint density at radius 3 is 3.11 bits per heavy atom. The Kier molecular flexibility index (Phi) is 3.15. The van der Waals surface area contributed by atoms with Crippen LogP contribution in [0.3, 0.4) is 0 Å². The highest BCUT2D eigenvalue weighted by molar-refractivity contribution is 5.32. The fraction of sp³-hybridized carbons (Fsp3) is 0.400. The van der Waals surface area contributed by atoms with E-state index in [9.17, 15) is 0 Å². The van der Waals surface area contributed by atoms with Gasteiger partial charge in [0, 0.05) is 25.8 Å². The Morgan fingerprint density at radius 2 is 2.28 bits per heavy atom. The average molecular weight is 241 g/mol. The van der Waals surface area contributed by atoms with Crippen LogP contribution < -0.4 is 5.32 Å². The second-order valence-corrected chi connectivity index (χ2v) is 5.02. The first-order valence-electron chi connectivity index (χ1n) is 6.61. The van der Waals surface area contributed by atoms with Gasteiger partial charge < -0.3 is 9.88 Å². The quantitative estimate of drug-likeness (QED) is 0.895. The van der Waals surface area contributed by atoms with Gasteiger partial charge in [0.05, 0.1) is 12.0 Å². The summed E-state index contributed by atoms with van der Waals surface area (Å²) in [5.41, 5.74) is 4.22. The van der Waals surface area contributed by atoms with Gasteiger partial charge in [0.15, 0.2) is 0 Å². The van der Waals surface area contributed by atoms with Gasteiger partial charge in [-0.1, -0.05) is 24.3 Å². The van der Waals surface area contributed by atoms with E-state index in [2.05, 4.69) is 39.1 Å². The van der Waals surface area contributed by atoms with Crippen LogP contribution in [0.15, 0.2) is 36.8 Å². The molecule has 1 aromatic heterocycles. The van der Waals surface area contributed by atoms with Gasteiger partial charge in [-0.2, -0.15) is 0 Å². The zero-order chi connectivity index (χ0) is 12.4. The van der Waals surface area contributed by atoms with Gasteiger partial charge in [-0.05, 0) is 30.4 Å². The van der Waals surface area contributed by atoms with Crippen molar-refractivity contribution < 1.29 is 0 Å². The Morgan fingerprint density at radius 1 is 1.39 bits per heavy atom. The molecule has 1 aliphatic rings. The zero-order valence-electron chi connectivity index (χ0n) is 10.8. The SMILES string of the molecule is Cn1cncc1CNC1CCCc2ccccc21. The van der Waals surface area contributed by atoms with Gasteiger partial charge in [-0.15, -0.1) is 0 Å². The lowest BCUT2D eigenvalue weighted by Gasteiger charge is -2.26. The molecule has 3 heteroatoms. The smallest absolute Gasteiger partial charge is 0.0945 e. The summed E-state index contributed by atoms with van der Waals surface area (Å²) in [7, 11) is 2.04. The first-order valence-corrected chi connectivity index (χ1v) is 6.61. The number of imidazole rings is 1. The number of nitrogens with zero attached hydrogens (tertiary/aromatic N) is 2. The molecule has 1 atom stereocenters. The molecule has 1 aromatic carbocycles. The molecule has 0 amide bonds. The number of nitrogens with one attached hydrogen (secondary N) is 1. The van der Waals surface area contributed by atoms with Crippen molar-refractivity contribution in [2.24, 2.45) is 7.05 Å². The molecule has 0 radical (unpaired) electrons. The maximum absolute atomic E-state index is 4.15. The summed E-state index contributed by atoms with van der Waals surface area (Å²) in [6.07, 6.45) is 7.52. The molecule has 18 heavy (non-hydrogen) atoms. The second-order valence-electron chi connectivity index (χ2n) is 5.02. The molecule has 1 unspecified atom stereocenters. The second kappa shape index (κ2) is 4.94. The van der Waals surface area contributed by atoms with Crippen LogP contribution in [-0.4, -0.2) is 9.55 Å². The average Bonchev–Trinajstić information content (AvgIpc) is 2.82. The summed E-state index contributed by atoms with van der Waals surface area (Å²) in [5.74, 6) is 0. The molecular formula is C15H19N3. The predicted octanol–water partition coefficient (Wildman–Crippen LogP) is 2.59. The molecule has 0 fully saturated rings. The van der Waals surface area contributed by atoms with Crippen molar-refractivity contribution in [2.45, 2.75) is 31.8 Å². The molecule has 1 heterocycles. The first kappa shape index (κ1) is 11.5. The minimum atomic E-state index is 0.491. The standard InChI is InChI=1S/C15H19N3/c1-18-11-16-9-13(18)10-17-15-8-4-6-12-5-2-3-7-14(12)15/h2-3,5,7,9,11,15,17H,4,6,8,10H2,1H3. The number of rotatable bonds is 3. The number of hydrogen-bond donors (Lipinski definition) is 1. The Balaban J connectivity index is 1.73. The Labute approximate surface area is 108 Å². The van der Waals surface area contributed by atoms with Crippen molar-refractivity contribution in [3.05, 3.63) is 53.6 Å². The summed E-state index contributed by atoms with van der Waals surface area (Å²) in [6.45, 7) is 0.884. The number of aryl methyl sites for hydroxylation is 2. The van der Waals surface area contributed by atoms with E-state index in [0.29, 0.717) is 6.04 Å². The molecule has 0 saturated carbocycles. The van der Waals surface area contributed by atoms with Crippen LogP contribution in [0.5, 0.6) is 0 Å². The van der Waals surface area contributed by atoms with E-state index in [4.69, 9.17) is 0 Å². The third-order valence-corrected chi connectivity index (χ3v) is 3.82. The van der Waals surface area contributed by atoms with Crippen molar-refractivity contribution in [1.82, 2.24) is 14.9 Å². The van der Waals surface area contributed by atoms with Gasteiger partial charge >= 0.3 is 0 Å². The number of benzene rings is 1. The maximum Gasteiger partial charge on any atom is 0.0945 e. The van der Waals surface area contributed by atoms with Crippen molar-refractivity contribution in [3.63, 3.8) is 0 Å². The number of aromatic nitrogens is 2. The molecule has 0 aliphatic heterocycles. The van der Waals surface area contributed by atoms with Crippen LogP contribution in [0.25, 0.3) is 0 Å². The molecule has 1 N–H and O–H groups in total. The van der Waals surface area contributed by atoms with E-state index < -0.39 is 0 Å². The largest absolute Gasteiger partial charge is 0.337 e. The van der Waals surface area contributed by atoms with Crippen LogP contribution >= 0.6 is 0 Å². The Hall–Kier alpha value is -1.61. The fourth-order valence-electron chi connectivity index (χ4n) is 2.75. The summed E-state index contributed by atoms with van der Waals surface area (Å²) in [6, 6.07) is 9.29. The molecule has 0 saturated heterocycles.